The standard InChI is InChI=1S/C6H14N2O/c7-3-4-1-5(8)2-6(4)9/h4-6,9H,1-3,7-8H2/t4-,5+,6-/m0/s1. The Hall–Kier alpha value is -0.120. The van der Waals surface area contributed by atoms with Gasteiger partial charge in [-0.05, 0) is 25.3 Å². The highest BCUT2D eigenvalue weighted by Crippen LogP contribution is 2.23. The van der Waals surface area contributed by atoms with Crippen LogP contribution >= 0.6 is 0 Å². The fourth-order valence-electron chi connectivity index (χ4n) is 1.40. The van der Waals surface area contributed by atoms with E-state index in [2.05, 4.69) is 0 Å². The van der Waals surface area contributed by atoms with E-state index in [1.54, 1.807) is 0 Å². The van der Waals surface area contributed by atoms with Gasteiger partial charge in [0.1, 0.15) is 0 Å². The first-order valence-corrected chi connectivity index (χ1v) is 3.37. The van der Waals surface area contributed by atoms with E-state index >= 15 is 0 Å². The molecule has 1 aliphatic rings. The average Bonchev–Trinajstić information content (AvgIpc) is 2.10. The summed E-state index contributed by atoms with van der Waals surface area (Å²) in [6, 6.07) is 0.175. The lowest BCUT2D eigenvalue weighted by molar-refractivity contribution is 0.136. The van der Waals surface area contributed by atoms with Crippen molar-refractivity contribution in [2.45, 2.75) is 25.0 Å². The molecule has 54 valence electrons. The zero-order valence-electron chi connectivity index (χ0n) is 5.46. The van der Waals surface area contributed by atoms with Gasteiger partial charge >= 0.3 is 0 Å². The number of aliphatic hydroxyl groups excluding tert-OH is 1. The van der Waals surface area contributed by atoms with Gasteiger partial charge in [-0.1, -0.05) is 0 Å². The third-order valence-corrected chi connectivity index (χ3v) is 2.00. The molecule has 0 unspecified atom stereocenters. The molecule has 3 atom stereocenters. The molecule has 0 aromatic rings. The van der Waals surface area contributed by atoms with Gasteiger partial charge in [0.05, 0.1) is 6.10 Å². The Morgan fingerprint density at radius 1 is 1.44 bits per heavy atom. The van der Waals surface area contributed by atoms with Gasteiger partial charge in [-0.3, -0.25) is 0 Å². The molecule has 0 bridgehead atoms. The number of hydrogen-bond donors (Lipinski definition) is 3. The maximum atomic E-state index is 9.20. The van der Waals surface area contributed by atoms with Crippen molar-refractivity contribution in [1.82, 2.24) is 0 Å². The molecular weight excluding hydrogens is 116 g/mol. The third-order valence-electron chi connectivity index (χ3n) is 2.00. The van der Waals surface area contributed by atoms with Crippen molar-refractivity contribution in [3.8, 4) is 0 Å². The minimum atomic E-state index is -0.245. The van der Waals surface area contributed by atoms with Crippen molar-refractivity contribution in [3.05, 3.63) is 0 Å². The average molecular weight is 130 g/mol. The van der Waals surface area contributed by atoms with Gasteiger partial charge in [0.15, 0.2) is 0 Å². The minimum Gasteiger partial charge on any atom is -0.393 e. The molecule has 0 aromatic carbocycles. The molecule has 0 radical (unpaired) electrons. The molecule has 0 spiro atoms. The highest BCUT2D eigenvalue weighted by atomic mass is 16.3. The molecule has 3 heteroatoms. The Labute approximate surface area is 55.0 Å². The van der Waals surface area contributed by atoms with E-state index in [0.717, 1.165) is 12.8 Å². The van der Waals surface area contributed by atoms with Gasteiger partial charge in [-0.25, -0.2) is 0 Å². The summed E-state index contributed by atoms with van der Waals surface area (Å²) in [7, 11) is 0. The Kier molecular flexibility index (Phi) is 2.05. The summed E-state index contributed by atoms with van der Waals surface area (Å²) in [6.45, 7) is 0.564. The Morgan fingerprint density at radius 3 is 2.33 bits per heavy atom. The van der Waals surface area contributed by atoms with E-state index in [0.29, 0.717) is 6.54 Å². The monoisotopic (exact) mass is 130 g/mol. The van der Waals surface area contributed by atoms with Crippen LogP contribution in [0, 0.1) is 5.92 Å². The van der Waals surface area contributed by atoms with Crippen LogP contribution < -0.4 is 11.5 Å². The molecule has 9 heavy (non-hydrogen) atoms. The van der Waals surface area contributed by atoms with Crippen molar-refractivity contribution in [2.24, 2.45) is 17.4 Å². The number of rotatable bonds is 1. The molecule has 1 rings (SSSR count). The van der Waals surface area contributed by atoms with Crippen LogP contribution in [0.15, 0.2) is 0 Å². The maximum Gasteiger partial charge on any atom is 0.0595 e. The molecule has 1 saturated carbocycles. The predicted molar refractivity (Wildman–Crippen MR) is 35.8 cm³/mol. The normalized spacial score (nSPS) is 43.7. The Bertz CT molecular complexity index is 97.1. The van der Waals surface area contributed by atoms with Gasteiger partial charge in [0.25, 0.3) is 0 Å². The third kappa shape index (κ3) is 1.41. The molecular formula is C6H14N2O. The SMILES string of the molecule is NC[C@@H]1C[C@@H](N)C[C@@H]1O. The largest absolute Gasteiger partial charge is 0.393 e. The van der Waals surface area contributed by atoms with Gasteiger partial charge in [-0.15, -0.1) is 0 Å². The van der Waals surface area contributed by atoms with Crippen LogP contribution in [0.4, 0.5) is 0 Å². The second kappa shape index (κ2) is 2.64. The quantitative estimate of drug-likeness (QED) is 0.428. The van der Waals surface area contributed by atoms with Gasteiger partial charge in [0, 0.05) is 6.04 Å². The molecule has 0 aliphatic heterocycles. The van der Waals surface area contributed by atoms with Crippen LogP contribution in [0.25, 0.3) is 0 Å². The van der Waals surface area contributed by atoms with Crippen molar-refractivity contribution in [1.29, 1.82) is 0 Å². The summed E-state index contributed by atoms with van der Waals surface area (Å²) in [6.07, 6.45) is 1.37. The highest BCUT2D eigenvalue weighted by Gasteiger charge is 2.29. The lowest BCUT2D eigenvalue weighted by Crippen LogP contribution is -2.21. The number of aliphatic hydroxyl groups is 1. The van der Waals surface area contributed by atoms with E-state index in [1.165, 1.54) is 0 Å². The zero-order valence-corrected chi connectivity index (χ0v) is 5.46. The van der Waals surface area contributed by atoms with Crippen LogP contribution in [0.1, 0.15) is 12.8 Å². The van der Waals surface area contributed by atoms with Crippen LogP contribution in [0.3, 0.4) is 0 Å². The summed E-state index contributed by atoms with van der Waals surface area (Å²) < 4.78 is 0. The zero-order chi connectivity index (χ0) is 6.85. The molecule has 0 saturated heterocycles. The maximum absolute atomic E-state index is 9.20. The van der Waals surface area contributed by atoms with Gasteiger partial charge < -0.3 is 16.6 Å². The lowest BCUT2D eigenvalue weighted by atomic mass is 10.1. The fourth-order valence-corrected chi connectivity index (χ4v) is 1.40. The summed E-state index contributed by atoms with van der Waals surface area (Å²) in [5.41, 5.74) is 10.9. The molecule has 1 aliphatic carbocycles. The molecule has 0 heterocycles. The van der Waals surface area contributed by atoms with Crippen LogP contribution in [0.5, 0.6) is 0 Å². The van der Waals surface area contributed by atoms with E-state index in [9.17, 15) is 5.11 Å². The second-order valence-corrected chi connectivity index (χ2v) is 2.79. The summed E-state index contributed by atoms with van der Waals surface area (Å²) in [5.74, 6) is 0.250. The van der Waals surface area contributed by atoms with E-state index < -0.39 is 0 Å². The number of hydrogen-bond acceptors (Lipinski definition) is 3. The number of nitrogens with two attached hydrogens (primary N) is 2. The first-order valence-electron chi connectivity index (χ1n) is 3.37. The molecule has 3 nitrogen and oxygen atoms in total. The molecule has 0 aromatic heterocycles. The minimum absolute atomic E-state index is 0.175. The van der Waals surface area contributed by atoms with E-state index in [4.69, 9.17) is 11.5 Å². The van der Waals surface area contributed by atoms with Crippen LogP contribution in [-0.4, -0.2) is 23.8 Å². The van der Waals surface area contributed by atoms with Gasteiger partial charge in [0.2, 0.25) is 0 Å². The van der Waals surface area contributed by atoms with Crippen LogP contribution in [0.2, 0.25) is 0 Å². The topological polar surface area (TPSA) is 72.3 Å². The summed E-state index contributed by atoms with van der Waals surface area (Å²) in [4.78, 5) is 0. The van der Waals surface area contributed by atoms with Crippen molar-refractivity contribution >= 4 is 0 Å². The lowest BCUT2D eigenvalue weighted by Gasteiger charge is -2.08. The predicted octanol–water partition coefficient (Wildman–Crippen LogP) is -0.957. The molecule has 5 N–H and O–H groups in total. The fraction of sp³-hybridized carbons (Fsp3) is 1.00. The highest BCUT2D eigenvalue weighted by molar-refractivity contribution is 4.85. The Balaban J connectivity index is 2.38. The van der Waals surface area contributed by atoms with Crippen molar-refractivity contribution in [3.63, 3.8) is 0 Å². The van der Waals surface area contributed by atoms with E-state index in [-0.39, 0.29) is 18.1 Å². The summed E-state index contributed by atoms with van der Waals surface area (Å²) >= 11 is 0. The van der Waals surface area contributed by atoms with Gasteiger partial charge in [-0.2, -0.15) is 0 Å². The molecule has 1 fully saturated rings. The Morgan fingerprint density at radius 2 is 2.11 bits per heavy atom. The van der Waals surface area contributed by atoms with Crippen molar-refractivity contribution < 1.29 is 5.11 Å². The van der Waals surface area contributed by atoms with Crippen molar-refractivity contribution in [2.75, 3.05) is 6.54 Å². The smallest absolute Gasteiger partial charge is 0.0595 e. The van der Waals surface area contributed by atoms with Crippen LogP contribution in [-0.2, 0) is 0 Å². The summed E-state index contributed by atoms with van der Waals surface area (Å²) in [5, 5.41) is 9.20. The first kappa shape index (κ1) is 6.99. The van der Waals surface area contributed by atoms with E-state index in [1.807, 2.05) is 0 Å². The molecule has 0 amide bonds. The second-order valence-electron chi connectivity index (χ2n) is 2.79. The first-order chi connectivity index (χ1) is 4.24.